The lowest BCUT2D eigenvalue weighted by Crippen LogP contribution is -2.23. The molecule has 1 aromatic carbocycles. The number of hydrogen-bond donors (Lipinski definition) is 1. The molecule has 1 N–H and O–H groups in total. The van der Waals surface area contributed by atoms with Gasteiger partial charge in [-0.15, -0.1) is 0 Å². The number of aromatic nitrogens is 2. The number of sulfone groups is 1. The normalized spacial score (nSPS) is 19.5. The molecule has 0 bridgehead atoms. The summed E-state index contributed by atoms with van der Waals surface area (Å²) in [4.78, 5) is 0. The average Bonchev–Trinajstić information content (AvgIpc) is 3.01. The van der Waals surface area contributed by atoms with E-state index < -0.39 is 9.84 Å². The Labute approximate surface area is 142 Å². The predicted octanol–water partition coefficient (Wildman–Crippen LogP) is 2.05. The highest BCUT2D eigenvalue weighted by Crippen LogP contribution is 2.27. The minimum atomic E-state index is -2.82. The Morgan fingerprint density at radius 2 is 2.08 bits per heavy atom. The average molecular weight is 349 g/mol. The van der Waals surface area contributed by atoms with Crippen LogP contribution >= 0.6 is 0 Å². The maximum Gasteiger partial charge on any atom is 0.222 e. The van der Waals surface area contributed by atoms with Crippen molar-refractivity contribution in [1.29, 1.82) is 0 Å². The van der Waals surface area contributed by atoms with Gasteiger partial charge < -0.3 is 10.1 Å². The van der Waals surface area contributed by atoms with Crippen LogP contribution in [-0.4, -0.2) is 36.2 Å². The van der Waals surface area contributed by atoms with E-state index in [2.05, 4.69) is 10.4 Å². The number of nitrogens with one attached hydrogen (secondary N) is 1. The van der Waals surface area contributed by atoms with Crippen molar-refractivity contribution in [3.63, 3.8) is 0 Å². The van der Waals surface area contributed by atoms with Crippen LogP contribution in [0.4, 0.5) is 0 Å². The number of aryl methyl sites for hydroxylation is 2. The van der Waals surface area contributed by atoms with Crippen molar-refractivity contribution in [2.45, 2.75) is 19.9 Å². The zero-order valence-corrected chi connectivity index (χ0v) is 14.8. The van der Waals surface area contributed by atoms with Gasteiger partial charge in [0, 0.05) is 13.6 Å². The largest absolute Gasteiger partial charge is 0.439 e. The van der Waals surface area contributed by atoms with Crippen LogP contribution in [0.1, 0.15) is 17.7 Å². The molecule has 1 aliphatic rings. The first-order valence-corrected chi connectivity index (χ1v) is 9.93. The van der Waals surface area contributed by atoms with Gasteiger partial charge in [0.25, 0.3) is 0 Å². The fraction of sp³-hybridized carbons (Fsp3) is 0.471. The highest BCUT2D eigenvalue weighted by atomic mass is 32.2. The molecule has 0 spiro atoms. The molecule has 7 heteroatoms. The molecule has 0 unspecified atom stereocenters. The second-order valence-electron chi connectivity index (χ2n) is 6.31. The predicted molar refractivity (Wildman–Crippen MR) is 92.9 cm³/mol. The van der Waals surface area contributed by atoms with Crippen LogP contribution in [0.3, 0.4) is 0 Å². The lowest BCUT2D eigenvalue weighted by molar-refractivity contribution is 0.422. The van der Waals surface area contributed by atoms with Gasteiger partial charge in [0.15, 0.2) is 9.84 Å². The van der Waals surface area contributed by atoms with Crippen LogP contribution in [-0.2, 0) is 23.4 Å². The molecule has 24 heavy (non-hydrogen) atoms. The molecule has 2 aromatic rings. The molecular formula is C17H23N3O3S. The Bertz CT molecular complexity index is 800. The van der Waals surface area contributed by atoms with E-state index in [1.165, 1.54) is 0 Å². The van der Waals surface area contributed by atoms with E-state index in [1.807, 2.05) is 44.3 Å². The van der Waals surface area contributed by atoms with Crippen molar-refractivity contribution in [2.75, 3.05) is 18.1 Å². The first-order chi connectivity index (χ1) is 11.4. The van der Waals surface area contributed by atoms with E-state index in [1.54, 1.807) is 4.68 Å². The first-order valence-electron chi connectivity index (χ1n) is 8.11. The fourth-order valence-corrected chi connectivity index (χ4v) is 4.91. The molecule has 1 aliphatic heterocycles. The van der Waals surface area contributed by atoms with E-state index in [0.29, 0.717) is 30.5 Å². The first kappa shape index (κ1) is 17.0. The standard InChI is InChI=1S/C17H23N3O3S/c1-13-16(11-18-10-14-8-9-24(21,22)12-14)17(20(2)19-13)23-15-6-4-3-5-7-15/h3-7,14,18H,8-12H2,1-2H3/t14-/m0/s1. The van der Waals surface area contributed by atoms with Gasteiger partial charge in [-0.25, -0.2) is 13.1 Å². The van der Waals surface area contributed by atoms with E-state index in [4.69, 9.17) is 4.74 Å². The maximum absolute atomic E-state index is 11.5. The lowest BCUT2D eigenvalue weighted by atomic mass is 10.1. The van der Waals surface area contributed by atoms with Gasteiger partial charge in [0.1, 0.15) is 5.75 Å². The van der Waals surface area contributed by atoms with Crippen molar-refractivity contribution in [3.8, 4) is 11.6 Å². The molecule has 2 heterocycles. The molecule has 1 saturated heterocycles. The number of rotatable bonds is 6. The summed E-state index contributed by atoms with van der Waals surface area (Å²) in [7, 11) is -0.965. The van der Waals surface area contributed by atoms with Gasteiger partial charge >= 0.3 is 0 Å². The molecule has 3 rings (SSSR count). The minimum absolute atomic E-state index is 0.200. The summed E-state index contributed by atoms with van der Waals surface area (Å²) in [5, 5.41) is 7.80. The Kier molecular flexibility index (Phi) is 4.91. The quantitative estimate of drug-likeness (QED) is 0.864. The zero-order chi connectivity index (χ0) is 17.2. The summed E-state index contributed by atoms with van der Waals surface area (Å²) in [5.41, 5.74) is 1.91. The summed E-state index contributed by atoms with van der Waals surface area (Å²) >= 11 is 0. The minimum Gasteiger partial charge on any atom is -0.439 e. The number of ether oxygens (including phenoxy) is 1. The summed E-state index contributed by atoms with van der Waals surface area (Å²) in [6, 6.07) is 9.61. The van der Waals surface area contributed by atoms with Crippen molar-refractivity contribution in [1.82, 2.24) is 15.1 Å². The van der Waals surface area contributed by atoms with Crippen LogP contribution in [0.2, 0.25) is 0 Å². The van der Waals surface area contributed by atoms with Gasteiger partial charge in [-0.1, -0.05) is 18.2 Å². The van der Waals surface area contributed by atoms with Gasteiger partial charge in [0.2, 0.25) is 5.88 Å². The van der Waals surface area contributed by atoms with Crippen molar-refractivity contribution >= 4 is 9.84 Å². The third kappa shape index (κ3) is 3.96. The number of benzene rings is 1. The third-order valence-corrected chi connectivity index (χ3v) is 6.15. The van der Waals surface area contributed by atoms with E-state index in [9.17, 15) is 8.42 Å². The van der Waals surface area contributed by atoms with Crippen molar-refractivity contribution < 1.29 is 13.2 Å². The van der Waals surface area contributed by atoms with Crippen molar-refractivity contribution in [2.24, 2.45) is 13.0 Å². The highest BCUT2D eigenvalue weighted by Gasteiger charge is 2.27. The molecule has 0 aliphatic carbocycles. The van der Waals surface area contributed by atoms with Gasteiger partial charge in [-0.2, -0.15) is 5.10 Å². The van der Waals surface area contributed by atoms with Crippen molar-refractivity contribution in [3.05, 3.63) is 41.6 Å². The van der Waals surface area contributed by atoms with Gasteiger partial charge in [-0.3, -0.25) is 0 Å². The van der Waals surface area contributed by atoms with E-state index >= 15 is 0 Å². The second-order valence-corrected chi connectivity index (χ2v) is 8.54. The fourth-order valence-electron chi connectivity index (χ4n) is 3.05. The summed E-state index contributed by atoms with van der Waals surface area (Å²) in [6.45, 7) is 3.26. The second kappa shape index (κ2) is 6.94. The van der Waals surface area contributed by atoms with Crippen LogP contribution in [0.5, 0.6) is 11.6 Å². The number of hydrogen-bond acceptors (Lipinski definition) is 5. The molecule has 0 radical (unpaired) electrons. The molecule has 1 fully saturated rings. The lowest BCUT2D eigenvalue weighted by Gasteiger charge is -2.12. The zero-order valence-electron chi connectivity index (χ0n) is 14.0. The molecule has 130 valence electrons. The summed E-state index contributed by atoms with van der Waals surface area (Å²) in [6.07, 6.45) is 0.745. The topological polar surface area (TPSA) is 73.2 Å². The Morgan fingerprint density at radius 1 is 1.33 bits per heavy atom. The Hall–Kier alpha value is -1.86. The van der Waals surface area contributed by atoms with E-state index in [0.717, 1.165) is 23.4 Å². The number of nitrogens with zero attached hydrogens (tertiary/aromatic N) is 2. The molecule has 0 amide bonds. The monoisotopic (exact) mass is 349 g/mol. The van der Waals surface area contributed by atoms with Gasteiger partial charge in [-0.05, 0) is 37.9 Å². The smallest absolute Gasteiger partial charge is 0.222 e. The van der Waals surface area contributed by atoms with E-state index in [-0.39, 0.29) is 5.92 Å². The SMILES string of the molecule is Cc1nn(C)c(Oc2ccccc2)c1CNC[C@@H]1CCS(=O)(=O)C1. The highest BCUT2D eigenvalue weighted by molar-refractivity contribution is 7.91. The molecule has 6 nitrogen and oxygen atoms in total. The summed E-state index contributed by atoms with van der Waals surface area (Å²) < 4.78 is 30.8. The molecule has 0 saturated carbocycles. The number of para-hydroxylation sites is 1. The van der Waals surface area contributed by atoms with Crippen LogP contribution < -0.4 is 10.1 Å². The van der Waals surface area contributed by atoms with Crippen LogP contribution in [0.15, 0.2) is 30.3 Å². The molecule has 1 atom stereocenters. The Balaban J connectivity index is 1.65. The summed E-state index contributed by atoms with van der Waals surface area (Å²) in [5.74, 6) is 2.28. The van der Waals surface area contributed by atoms with Crippen LogP contribution in [0.25, 0.3) is 0 Å². The molecule has 1 aromatic heterocycles. The van der Waals surface area contributed by atoms with Crippen LogP contribution in [0, 0.1) is 12.8 Å². The maximum atomic E-state index is 11.5. The molecular weight excluding hydrogens is 326 g/mol. The van der Waals surface area contributed by atoms with Gasteiger partial charge in [0.05, 0.1) is 22.8 Å². The Morgan fingerprint density at radius 3 is 2.75 bits per heavy atom. The third-order valence-electron chi connectivity index (χ3n) is 4.31.